The SMILES string of the molecule is CCCN(CC(=O)NC)C(CC)C(=O)O. The molecular weight excluding hydrogens is 196 g/mol. The number of carboxylic acid groups (broad SMARTS) is 1. The maximum atomic E-state index is 11.2. The Hall–Kier alpha value is -1.10. The Balaban J connectivity index is 4.46. The number of likely N-dealkylation sites (N-methyl/N-ethyl adjacent to an activating group) is 1. The van der Waals surface area contributed by atoms with E-state index in [9.17, 15) is 9.59 Å². The van der Waals surface area contributed by atoms with Gasteiger partial charge in [0.2, 0.25) is 5.91 Å². The molecule has 0 fully saturated rings. The van der Waals surface area contributed by atoms with Crippen molar-refractivity contribution in [2.75, 3.05) is 20.1 Å². The van der Waals surface area contributed by atoms with Gasteiger partial charge in [0.05, 0.1) is 6.54 Å². The number of amides is 1. The van der Waals surface area contributed by atoms with E-state index < -0.39 is 12.0 Å². The van der Waals surface area contributed by atoms with Gasteiger partial charge in [-0.05, 0) is 19.4 Å². The van der Waals surface area contributed by atoms with Crippen LogP contribution in [0.1, 0.15) is 26.7 Å². The zero-order valence-corrected chi connectivity index (χ0v) is 9.62. The van der Waals surface area contributed by atoms with Crippen molar-refractivity contribution < 1.29 is 14.7 Å². The molecule has 0 aliphatic heterocycles. The molecule has 5 heteroatoms. The third-order valence-electron chi connectivity index (χ3n) is 2.25. The average Bonchev–Trinajstić information content (AvgIpc) is 2.18. The zero-order chi connectivity index (χ0) is 11.8. The highest BCUT2D eigenvalue weighted by Gasteiger charge is 2.24. The summed E-state index contributed by atoms with van der Waals surface area (Å²) in [5.74, 6) is -1.02. The second-order valence-corrected chi connectivity index (χ2v) is 3.41. The van der Waals surface area contributed by atoms with Crippen LogP contribution in [0.15, 0.2) is 0 Å². The number of carbonyl (C=O) groups is 2. The van der Waals surface area contributed by atoms with E-state index in [1.165, 1.54) is 0 Å². The summed E-state index contributed by atoms with van der Waals surface area (Å²) in [6.07, 6.45) is 1.34. The largest absolute Gasteiger partial charge is 0.480 e. The van der Waals surface area contributed by atoms with Gasteiger partial charge < -0.3 is 10.4 Å². The molecule has 0 saturated heterocycles. The van der Waals surface area contributed by atoms with Crippen molar-refractivity contribution in [2.24, 2.45) is 0 Å². The van der Waals surface area contributed by atoms with Crippen molar-refractivity contribution in [1.29, 1.82) is 0 Å². The minimum Gasteiger partial charge on any atom is -0.480 e. The Morgan fingerprint density at radius 3 is 2.33 bits per heavy atom. The van der Waals surface area contributed by atoms with Crippen LogP contribution in [-0.2, 0) is 9.59 Å². The molecule has 1 amide bonds. The van der Waals surface area contributed by atoms with Crippen LogP contribution in [0.3, 0.4) is 0 Å². The monoisotopic (exact) mass is 216 g/mol. The fourth-order valence-corrected chi connectivity index (χ4v) is 1.48. The van der Waals surface area contributed by atoms with Crippen LogP contribution in [0.25, 0.3) is 0 Å². The Bertz CT molecular complexity index is 219. The highest BCUT2D eigenvalue weighted by atomic mass is 16.4. The first kappa shape index (κ1) is 13.9. The number of hydrogen-bond donors (Lipinski definition) is 2. The fourth-order valence-electron chi connectivity index (χ4n) is 1.48. The van der Waals surface area contributed by atoms with E-state index in [0.29, 0.717) is 13.0 Å². The van der Waals surface area contributed by atoms with Gasteiger partial charge in [0.15, 0.2) is 0 Å². The maximum Gasteiger partial charge on any atom is 0.320 e. The molecule has 0 aromatic rings. The lowest BCUT2D eigenvalue weighted by molar-refractivity contribution is -0.144. The Labute approximate surface area is 90.5 Å². The molecule has 0 heterocycles. The van der Waals surface area contributed by atoms with Crippen LogP contribution in [0.2, 0.25) is 0 Å². The van der Waals surface area contributed by atoms with Gasteiger partial charge >= 0.3 is 5.97 Å². The summed E-state index contributed by atoms with van der Waals surface area (Å²) in [4.78, 5) is 23.8. The number of rotatable bonds is 7. The number of hydrogen-bond acceptors (Lipinski definition) is 3. The summed E-state index contributed by atoms with van der Waals surface area (Å²) in [6, 6.07) is -0.567. The van der Waals surface area contributed by atoms with Crippen LogP contribution in [0.5, 0.6) is 0 Å². The molecular formula is C10H20N2O3. The van der Waals surface area contributed by atoms with Gasteiger partial charge in [-0.25, -0.2) is 0 Å². The summed E-state index contributed by atoms with van der Waals surface area (Å²) < 4.78 is 0. The highest BCUT2D eigenvalue weighted by Crippen LogP contribution is 2.05. The molecule has 0 aromatic heterocycles. The highest BCUT2D eigenvalue weighted by molar-refractivity contribution is 5.79. The molecule has 1 atom stereocenters. The van der Waals surface area contributed by atoms with Crippen LogP contribution >= 0.6 is 0 Å². The van der Waals surface area contributed by atoms with E-state index >= 15 is 0 Å². The Kier molecular flexibility index (Phi) is 6.70. The van der Waals surface area contributed by atoms with Crippen molar-refractivity contribution in [3.8, 4) is 0 Å². The Morgan fingerprint density at radius 1 is 1.40 bits per heavy atom. The minimum atomic E-state index is -0.866. The van der Waals surface area contributed by atoms with Crippen LogP contribution in [-0.4, -0.2) is 48.1 Å². The fraction of sp³-hybridized carbons (Fsp3) is 0.800. The first-order valence-electron chi connectivity index (χ1n) is 5.24. The molecule has 0 saturated carbocycles. The van der Waals surface area contributed by atoms with Gasteiger partial charge in [-0.1, -0.05) is 13.8 Å². The van der Waals surface area contributed by atoms with Crippen LogP contribution in [0, 0.1) is 0 Å². The van der Waals surface area contributed by atoms with Crippen LogP contribution < -0.4 is 5.32 Å². The predicted molar refractivity (Wildman–Crippen MR) is 57.6 cm³/mol. The van der Waals surface area contributed by atoms with Gasteiger partial charge in [-0.3, -0.25) is 14.5 Å². The number of aliphatic carboxylic acids is 1. The van der Waals surface area contributed by atoms with E-state index in [1.807, 2.05) is 13.8 Å². The molecule has 0 aliphatic rings. The lowest BCUT2D eigenvalue weighted by atomic mass is 10.2. The topological polar surface area (TPSA) is 69.6 Å². The Morgan fingerprint density at radius 2 is 2.00 bits per heavy atom. The average molecular weight is 216 g/mol. The number of carboxylic acids is 1. The summed E-state index contributed by atoms with van der Waals surface area (Å²) in [5.41, 5.74) is 0. The smallest absolute Gasteiger partial charge is 0.320 e. The summed E-state index contributed by atoms with van der Waals surface area (Å²) in [5, 5.41) is 11.5. The van der Waals surface area contributed by atoms with Crippen molar-refractivity contribution in [3.05, 3.63) is 0 Å². The molecule has 0 rings (SSSR count). The second-order valence-electron chi connectivity index (χ2n) is 3.41. The van der Waals surface area contributed by atoms with Gasteiger partial charge in [-0.15, -0.1) is 0 Å². The molecule has 0 aromatic carbocycles. The summed E-state index contributed by atoms with van der Waals surface area (Å²) in [7, 11) is 1.55. The molecule has 15 heavy (non-hydrogen) atoms. The van der Waals surface area contributed by atoms with Crippen molar-refractivity contribution >= 4 is 11.9 Å². The van der Waals surface area contributed by atoms with Crippen LogP contribution in [0.4, 0.5) is 0 Å². The third-order valence-corrected chi connectivity index (χ3v) is 2.25. The first-order valence-corrected chi connectivity index (χ1v) is 5.24. The van der Waals surface area contributed by atoms with Crippen molar-refractivity contribution in [2.45, 2.75) is 32.7 Å². The zero-order valence-electron chi connectivity index (χ0n) is 9.62. The maximum absolute atomic E-state index is 11.2. The molecule has 5 nitrogen and oxygen atoms in total. The third kappa shape index (κ3) is 4.78. The lowest BCUT2D eigenvalue weighted by Gasteiger charge is -2.26. The molecule has 0 bridgehead atoms. The molecule has 1 unspecified atom stereocenters. The normalized spacial score (nSPS) is 12.5. The quantitative estimate of drug-likeness (QED) is 0.642. The van der Waals surface area contributed by atoms with Gasteiger partial charge in [0.25, 0.3) is 0 Å². The number of nitrogens with zero attached hydrogens (tertiary/aromatic N) is 1. The van der Waals surface area contributed by atoms with Gasteiger partial charge in [0.1, 0.15) is 6.04 Å². The molecule has 0 radical (unpaired) electrons. The molecule has 2 N–H and O–H groups in total. The lowest BCUT2D eigenvalue weighted by Crippen LogP contribution is -2.46. The van der Waals surface area contributed by atoms with Gasteiger partial charge in [0, 0.05) is 7.05 Å². The summed E-state index contributed by atoms with van der Waals surface area (Å²) in [6.45, 7) is 4.55. The molecule has 0 spiro atoms. The van der Waals surface area contributed by atoms with E-state index in [4.69, 9.17) is 5.11 Å². The van der Waals surface area contributed by atoms with E-state index in [-0.39, 0.29) is 12.5 Å². The minimum absolute atomic E-state index is 0.148. The van der Waals surface area contributed by atoms with E-state index in [1.54, 1.807) is 11.9 Å². The standard InChI is InChI=1S/C10H20N2O3/c1-4-6-12(7-9(13)11-3)8(5-2)10(14)15/h8H,4-7H2,1-3H3,(H,11,13)(H,14,15). The van der Waals surface area contributed by atoms with Crippen molar-refractivity contribution in [1.82, 2.24) is 10.2 Å². The number of nitrogens with one attached hydrogen (secondary N) is 1. The van der Waals surface area contributed by atoms with E-state index in [2.05, 4.69) is 5.32 Å². The van der Waals surface area contributed by atoms with E-state index in [0.717, 1.165) is 6.42 Å². The second kappa shape index (κ2) is 7.23. The summed E-state index contributed by atoms with van der Waals surface area (Å²) >= 11 is 0. The first-order chi connectivity index (χ1) is 7.06. The molecule has 0 aliphatic carbocycles. The predicted octanol–water partition coefficient (Wildman–Crippen LogP) is 0.308. The van der Waals surface area contributed by atoms with Gasteiger partial charge in [-0.2, -0.15) is 0 Å². The molecule has 88 valence electrons. The number of carbonyl (C=O) groups excluding carboxylic acids is 1. The van der Waals surface area contributed by atoms with Crippen molar-refractivity contribution in [3.63, 3.8) is 0 Å².